The van der Waals surface area contributed by atoms with Crippen LogP contribution in [0.4, 0.5) is 10.1 Å². The van der Waals surface area contributed by atoms with Gasteiger partial charge in [-0.15, -0.1) is 0 Å². The average Bonchev–Trinajstić information content (AvgIpc) is 2.53. The van der Waals surface area contributed by atoms with Crippen LogP contribution in [0.2, 0.25) is 0 Å². The Hall–Kier alpha value is -2.03. The Morgan fingerprint density at radius 3 is 2.00 bits per heavy atom. The van der Waals surface area contributed by atoms with E-state index in [0.717, 1.165) is 11.4 Å². The highest BCUT2D eigenvalue weighted by molar-refractivity contribution is 5.48. The van der Waals surface area contributed by atoms with Crippen molar-refractivity contribution in [3.8, 4) is 11.5 Å². The fraction of sp³-hybridized carbons (Fsp3) is 0.333. The molecule has 0 bridgehead atoms. The maximum absolute atomic E-state index is 12.8. The summed E-state index contributed by atoms with van der Waals surface area (Å²) < 4.78 is 18.5. The molecule has 1 saturated carbocycles. The predicted molar refractivity (Wildman–Crippen MR) is 83.4 cm³/mol. The Balaban J connectivity index is 1.59. The summed E-state index contributed by atoms with van der Waals surface area (Å²) in [6.07, 6.45) is 6.52. The standard InChI is InChI=1S/C18H20FNO/c19-14-6-10-17(11-7-14)21-18-12-8-16(9-13-18)20-15-4-2-1-3-5-15/h6-13,15,20H,1-5H2. The number of anilines is 1. The van der Waals surface area contributed by atoms with Gasteiger partial charge in [0.1, 0.15) is 17.3 Å². The van der Waals surface area contributed by atoms with Gasteiger partial charge >= 0.3 is 0 Å². The van der Waals surface area contributed by atoms with Crippen LogP contribution in [0.15, 0.2) is 48.5 Å². The smallest absolute Gasteiger partial charge is 0.127 e. The van der Waals surface area contributed by atoms with E-state index in [-0.39, 0.29) is 5.82 Å². The predicted octanol–water partition coefficient (Wildman–Crippen LogP) is 5.36. The SMILES string of the molecule is Fc1ccc(Oc2ccc(NC3CCCCC3)cc2)cc1. The molecule has 0 radical (unpaired) electrons. The van der Waals surface area contributed by atoms with Gasteiger partial charge in [-0.1, -0.05) is 19.3 Å². The van der Waals surface area contributed by atoms with Gasteiger partial charge in [0.2, 0.25) is 0 Å². The summed E-state index contributed by atoms with van der Waals surface area (Å²) in [7, 11) is 0. The lowest BCUT2D eigenvalue weighted by Gasteiger charge is -2.23. The van der Waals surface area contributed by atoms with E-state index >= 15 is 0 Å². The van der Waals surface area contributed by atoms with Gasteiger partial charge in [-0.05, 0) is 61.4 Å². The van der Waals surface area contributed by atoms with Crippen LogP contribution in [-0.4, -0.2) is 6.04 Å². The molecule has 0 aromatic heterocycles. The molecule has 1 aliphatic carbocycles. The van der Waals surface area contributed by atoms with Crippen LogP contribution in [0.3, 0.4) is 0 Å². The van der Waals surface area contributed by atoms with Gasteiger partial charge < -0.3 is 10.1 Å². The van der Waals surface area contributed by atoms with Gasteiger partial charge in [0, 0.05) is 11.7 Å². The molecule has 21 heavy (non-hydrogen) atoms. The van der Waals surface area contributed by atoms with Crippen molar-refractivity contribution in [2.45, 2.75) is 38.1 Å². The fourth-order valence-electron chi connectivity index (χ4n) is 2.74. The second-order valence-electron chi connectivity index (χ2n) is 5.56. The fourth-order valence-corrected chi connectivity index (χ4v) is 2.74. The third-order valence-corrected chi connectivity index (χ3v) is 3.88. The van der Waals surface area contributed by atoms with Crippen molar-refractivity contribution in [3.63, 3.8) is 0 Å². The van der Waals surface area contributed by atoms with Crippen molar-refractivity contribution >= 4 is 5.69 Å². The molecule has 0 saturated heterocycles. The first-order valence-electron chi connectivity index (χ1n) is 7.60. The van der Waals surface area contributed by atoms with Crippen molar-refractivity contribution in [1.82, 2.24) is 0 Å². The molecule has 2 nitrogen and oxygen atoms in total. The van der Waals surface area contributed by atoms with Crippen LogP contribution in [0.1, 0.15) is 32.1 Å². The second kappa shape index (κ2) is 6.61. The summed E-state index contributed by atoms with van der Waals surface area (Å²) in [4.78, 5) is 0. The van der Waals surface area contributed by atoms with Crippen molar-refractivity contribution in [3.05, 3.63) is 54.3 Å². The molecule has 0 unspecified atom stereocenters. The van der Waals surface area contributed by atoms with Gasteiger partial charge in [0.05, 0.1) is 0 Å². The third kappa shape index (κ3) is 3.97. The van der Waals surface area contributed by atoms with E-state index in [9.17, 15) is 4.39 Å². The van der Waals surface area contributed by atoms with Crippen LogP contribution in [-0.2, 0) is 0 Å². The summed E-state index contributed by atoms with van der Waals surface area (Å²) in [5.41, 5.74) is 1.13. The van der Waals surface area contributed by atoms with Crippen molar-refractivity contribution in [1.29, 1.82) is 0 Å². The maximum Gasteiger partial charge on any atom is 0.127 e. The number of halogens is 1. The molecular weight excluding hydrogens is 265 g/mol. The van der Waals surface area contributed by atoms with Gasteiger partial charge in [-0.25, -0.2) is 4.39 Å². The Bertz CT molecular complexity index is 559. The van der Waals surface area contributed by atoms with E-state index in [4.69, 9.17) is 4.74 Å². The molecule has 0 heterocycles. The lowest BCUT2D eigenvalue weighted by molar-refractivity contribution is 0.462. The maximum atomic E-state index is 12.8. The number of ether oxygens (including phenoxy) is 1. The Kier molecular flexibility index (Phi) is 4.39. The van der Waals surface area contributed by atoms with Crippen LogP contribution < -0.4 is 10.1 Å². The van der Waals surface area contributed by atoms with Gasteiger partial charge in [-0.2, -0.15) is 0 Å². The monoisotopic (exact) mass is 285 g/mol. The van der Waals surface area contributed by atoms with Crippen LogP contribution >= 0.6 is 0 Å². The summed E-state index contributed by atoms with van der Waals surface area (Å²) in [6.45, 7) is 0. The van der Waals surface area contributed by atoms with Crippen molar-refractivity contribution in [2.24, 2.45) is 0 Å². The quantitative estimate of drug-likeness (QED) is 0.816. The van der Waals surface area contributed by atoms with Gasteiger partial charge in [-0.3, -0.25) is 0 Å². The summed E-state index contributed by atoms with van der Waals surface area (Å²) in [5, 5.41) is 3.57. The van der Waals surface area contributed by atoms with Crippen molar-refractivity contribution in [2.75, 3.05) is 5.32 Å². The Morgan fingerprint density at radius 2 is 1.38 bits per heavy atom. The summed E-state index contributed by atoms with van der Waals surface area (Å²) in [6, 6.07) is 14.6. The number of nitrogens with one attached hydrogen (secondary N) is 1. The number of hydrogen-bond acceptors (Lipinski definition) is 2. The first-order chi connectivity index (χ1) is 10.3. The van der Waals surface area contributed by atoms with Gasteiger partial charge in [0.15, 0.2) is 0 Å². The molecule has 3 rings (SSSR count). The third-order valence-electron chi connectivity index (χ3n) is 3.88. The van der Waals surface area contributed by atoms with E-state index in [1.165, 1.54) is 44.2 Å². The summed E-state index contributed by atoms with van der Waals surface area (Å²) >= 11 is 0. The lowest BCUT2D eigenvalue weighted by Crippen LogP contribution is -2.21. The largest absolute Gasteiger partial charge is 0.457 e. The number of hydrogen-bond donors (Lipinski definition) is 1. The average molecular weight is 285 g/mol. The van der Waals surface area contributed by atoms with E-state index in [0.29, 0.717) is 11.8 Å². The minimum atomic E-state index is -0.255. The molecule has 0 spiro atoms. The van der Waals surface area contributed by atoms with Gasteiger partial charge in [0.25, 0.3) is 0 Å². The molecule has 0 atom stereocenters. The molecule has 0 amide bonds. The molecule has 3 heteroatoms. The van der Waals surface area contributed by atoms with E-state index in [1.807, 2.05) is 24.3 Å². The summed E-state index contributed by atoms with van der Waals surface area (Å²) in [5.74, 6) is 1.15. The van der Waals surface area contributed by atoms with E-state index in [2.05, 4.69) is 5.32 Å². The van der Waals surface area contributed by atoms with Crippen LogP contribution in [0.25, 0.3) is 0 Å². The molecule has 2 aromatic carbocycles. The molecule has 1 aliphatic rings. The zero-order chi connectivity index (χ0) is 14.5. The highest BCUT2D eigenvalue weighted by Crippen LogP contribution is 2.25. The van der Waals surface area contributed by atoms with Crippen molar-refractivity contribution < 1.29 is 9.13 Å². The first kappa shape index (κ1) is 13.9. The van der Waals surface area contributed by atoms with E-state index in [1.54, 1.807) is 12.1 Å². The Labute approximate surface area is 125 Å². The molecule has 110 valence electrons. The Morgan fingerprint density at radius 1 is 0.810 bits per heavy atom. The molecule has 2 aromatic rings. The van der Waals surface area contributed by atoms with Crippen LogP contribution in [0.5, 0.6) is 11.5 Å². The lowest BCUT2D eigenvalue weighted by atomic mass is 9.95. The molecular formula is C18H20FNO. The van der Waals surface area contributed by atoms with E-state index < -0.39 is 0 Å². The minimum absolute atomic E-state index is 0.255. The molecule has 0 aliphatic heterocycles. The van der Waals surface area contributed by atoms with Crippen LogP contribution in [0, 0.1) is 5.82 Å². The highest BCUT2D eigenvalue weighted by Gasteiger charge is 2.12. The zero-order valence-electron chi connectivity index (χ0n) is 12.0. The second-order valence-corrected chi connectivity index (χ2v) is 5.56. The topological polar surface area (TPSA) is 21.3 Å². The zero-order valence-corrected chi connectivity index (χ0v) is 12.0. The number of rotatable bonds is 4. The normalized spacial score (nSPS) is 15.7. The minimum Gasteiger partial charge on any atom is -0.457 e. The molecule has 1 N–H and O–H groups in total. The molecule has 1 fully saturated rings. The highest BCUT2D eigenvalue weighted by atomic mass is 19.1. The first-order valence-corrected chi connectivity index (χ1v) is 7.60. The number of benzene rings is 2.